The minimum atomic E-state index is -0.834. The van der Waals surface area contributed by atoms with E-state index in [2.05, 4.69) is 33.4 Å². The summed E-state index contributed by atoms with van der Waals surface area (Å²) in [6, 6.07) is 23.2. The van der Waals surface area contributed by atoms with Gasteiger partial charge in [-0.2, -0.15) is 0 Å². The molecular weight excluding hydrogens is 732 g/mol. The van der Waals surface area contributed by atoms with Crippen LogP contribution in [0.3, 0.4) is 0 Å². The zero-order chi connectivity index (χ0) is 38.1. The zero-order valence-corrected chi connectivity index (χ0v) is 30.8. The number of allylic oxidation sites excluding steroid dienone is 2. The lowest BCUT2D eigenvalue weighted by Gasteiger charge is -2.36. The maximum Gasteiger partial charge on any atom is 0.231 e. The van der Waals surface area contributed by atoms with Crippen LogP contribution in [-0.2, 0) is 9.47 Å². The van der Waals surface area contributed by atoms with E-state index in [1.165, 1.54) is 0 Å². The largest absolute Gasteiger partial charge is 0.454 e. The van der Waals surface area contributed by atoms with Gasteiger partial charge in [-0.05, 0) is 79.3 Å². The monoisotopic (exact) mass is 772 g/mol. The maximum absolute atomic E-state index is 6.69. The van der Waals surface area contributed by atoms with Crippen LogP contribution in [0, 0.1) is 0 Å². The van der Waals surface area contributed by atoms with Crippen molar-refractivity contribution in [3.63, 3.8) is 0 Å². The van der Waals surface area contributed by atoms with Crippen molar-refractivity contribution in [1.82, 2.24) is 0 Å². The summed E-state index contributed by atoms with van der Waals surface area (Å²) in [6.07, 6.45) is 14.1. The van der Waals surface area contributed by atoms with E-state index in [0.717, 1.165) is 57.1 Å². The van der Waals surface area contributed by atoms with Crippen LogP contribution >= 0.6 is 0 Å². The average molecular weight is 773 g/mol. The summed E-state index contributed by atoms with van der Waals surface area (Å²) in [6.45, 7) is 1.68. The third kappa shape index (κ3) is 7.52. The number of benzene rings is 4. The smallest absolute Gasteiger partial charge is 0.231 e. The van der Waals surface area contributed by atoms with Crippen LogP contribution in [0.15, 0.2) is 121 Å². The van der Waals surface area contributed by atoms with E-state index in [0.29, 0.717) is 55.5 Å². The molecule has 57 heavy (non-hydrogen) atoms. The predicted octanol–water partition coefficient (Wildman–Crippen LogP) is 7.85. The van der Waals surface area contributed by atoms with Crippen LogP contribution in [-0.4, -0.2) is 51.8 Å². The van der Waals surface area contributed by atoms with Crippen molar-refractivity contribution in [1.29, 1.82) is 0 Å². The molecule has 0 saturated carbocycles. The highest BCUT2D eigenvalue weighted by Gasteiger charge is 2.33. The normalized spacial score (nSPS) is 21.5. The van der Waals surface area contributed by atoms with Gasteiger partial charge in [0.1, 0.15) is 0 Å². The Morgan fingerprint density at radius 3 is 1.16 bits per heavy atom. The lowest BCUT2D eigenvalue weighted by Crippen LogP contribution is -2.42. The molecule has 0 spiro atoms. The molecule has 14 heteroatoms. The minimum absolute atomic E-state index is 0.200. The quantitative estimate of drug-likeness (QED) is 0.0730. The molecule has 2 unspecified atom stereocenters. The molecule has 292 valence electrons. The Balaban J connectivity index is 0.813. The molecule has 0 aromatic heterocycles. The predicted molar refractivity (Wildman–Crippen MR) is 210 cm³/mol. The minimum Gasteiger partial charge on any atom is -0.454 e. The van der Waals surface area contributed by atoms with Gasteiger partial charge in [0, 0.05) is 71.3 Å². The number of hydrogen-bond acceptors (Lipinski definition) is 14. The summed E-state index contributed by atoms with van der Waals surface area (Å²) in [7, 11) is 0. The van der Waals surface area contributed by atoms with Crippen molar-refractivity contribution in [2.24, 2.45) is 0 Å². The summed E-state index contributed by atoms with van der Waals surface area (Å²) in [5.41, 5.74) is 3.69. The molecule has 2 atom stereocenters. The summed E-state index contributed by atoms with van der Waals surface area (Å²) in [5, 5.41) is 14.2. The van der Waals surface area contributed by atoms with Crippen molar-refractivity contribution in [3.8, 4) is 46.0 Å². The van der Waals surface area contributed by atoms with E-state index in [1.807, 2.05) is 97.1 Å². The van der Waals surface area contributed by atoms with Crippen LogP contribution in [0.1, 0.15) is 19.3 Å². The number of nitrogens with one attached hydrogen (secondary N) is 4. The molecular formula is C43H40N4O10. The molecule has 2 aliphatic carbocycles. The average Bonchev–Trinajstić information content (AvgIpc) is 4.07. The van der Waals surface area contributed by atoms with Crippen molar-refractivity contribution in [3.05, 3.63) is 121 Å². The first kappa shape index (κ1) is 34.8. The van der Waals surface area contributed by atoms with Crippen LogP contribution < -0.4 is 59.2 Å². The van der Waals surface area contributed by atoms with Crippen molar-refractivity contribution >= 4 is 22.7 Å². The Kier molecular flexibility index (Phi) is 9.03. The fourth-order valence-electron chi connectivity index (χ4n) is 7.19. The van der Waals surface area contributed by atoms with Crippen molar-refractivity contribution in [2.45, 2.75) is 30.7 Å². The Hall–Kier alpha value is -6.64. The van der Waals surface area contributed by atoms with Gasteiger partial charge in [-0.25, -0.2) is 0 Å². The van der Waals surface area contributed by atoms with Gasteiger partial charge >= 0.3 is 0 Å². The van der Waals surface area contributed by atoms with E-state index in [1.54, 1.807) is 0 Å². The Morgan fingerprint density at radius 2 is 0.789 bits per heavy atom. The Morgan fingerprint density at radius 1 is 0.439 bits per heavy atom. The van der Waals surface area contributed by atoms with Crippen LogP contribution in [0.2, 0.25) is 0 Å². The first-order chi connectivity index (χ1) is 28.0. The van der Waals surface area contributed by atoms with Gasteiger partial charge in [0.2, 0.25) is 27.2 Å². The molecule has 6 aliphatic rings. The summed E-state index contributed by atoms with van der Waals surface area (Å²) < 4.78 is 57.8. The molecule has 4 N–H and O–H groups in total. The van der Waals surface area contributed by atoms with E-state index in [-0.39, 0.29) is 27.2 Å². The second kappa shape index (κ2) is 14.8. The highest BCUT2D eigenvalue weighted by molar-refractivity contribution is 5.63. The molecule has 14 nitrogen and oxygen atoms in total. The van der Waals surface area contributed by atoms with E-state index in [4.69, 9.17) is 47.4 Å². The molecule has 0 bridgehead atoms. The molecule has 4 aromatic carbocycles. The van der Waals surface area contributed by atoms with Gasteiger partial charge < -0.3 is 68.6 Å². The first-order valence-electron chi connectivity index (χ1n) is 18.8. The van der Waals surface area contributed by atoms with Gasteiger partial charge in [0.25, 0.3) is 0 Å². The number of hydrogen-bond donors (Lipinski definition) is 4. The Bertz CT molecular complexity index is 2150. The van der Waals surface area contributed by atoms with Crippen LogP contribution in [0.4, 0.5) is 22.7 Å². The fourth-order valence-corrected chi connectivity index (χ4v) is 7.19. The topological polar surface area (TPSA) is 140 Å². The second-order valence-electron chi connectivity index (χ2n) is 14.0. The van der Waals surface area contributed by atoms with E-state index >= 15 is 0 Å². The SMILES string of the molecule is C1=CC(Nc2ccc3c(c2)OCO3)(OCCCOC2(Nc3ccc4c(c3)OCO4)C=CC(Nc3ccc4c(c3)OCO4)=CC2)CC=C1Nc1ccc2c(c1)OCO2. The van der Waals surface area contributed by atoms with Crippen molar-refractivity contribution < 1.29 is 47.4 Å². The zero-order valence-electron chi connectivity index (χ0n) is 30.8. The van der Waals surface area contributed by atoms with Gasteiger partial charge in [-0.15, -0.1) is 0 Å². The first-order valence-corrected chi connectivity index (χ1v) is 18.8. The van der Waals surface area contributed by atoms with Crippen LogP contribution in [0.5, 0.6) is 46.0 Å². The van der Waals surface area contributed by atoms with Gasteiger partial charge in [0.05, 0.1) is 13.2 Å². The Labute approximate surface area is 328 Å². The maximum atomic E-state index is 6.69. The number of anilines is 4. The highest BCUT2D eigenvalue weighted by Crippen LogP contribution is 2.40. The molecule has 10 rings (SSSR count). The molecule has 0 saturated heterocycles. The van der Waals surface area contributed by atoms with Gasteiger partial charge in [0.15, 0.2) is 57.4 Å². The van der Waals surface area contributed by atoms with E-state index in [9.17, 15) is 0 Å². The number of rotatable bonds is 14. The molecule has 4 heterocycles. The molecule has 4 aromatic rings. The lowest BCUT2D eigenvalue weighted by atomic mass is 10.0. The van der Waals surface area contributed by atoms with Crippen molar-refractivity contribution in [2.75, 3.05) is 61.7 Å². The molecule has 0 fully saturated rings. The third-order valence-electron chi connectivity index (χ3n) is 10.1. The van der Waals surface area contributed by atoms with Gasteiger partial charge in [-0.3, -0.25) is 0 Å². The lowest BCUT2D eigenvalue weighted by molar-refractivity contribution is -0.0244. The number of ether oxygens (including phenoxy) is 10. The van der Waals surface area contributed by atoms with E-state index < -0.39 is 11.4 Å². The van der Waals surface area contributed by atoms with Crippen LogP contribution in [0.25, 0.3) is 0 Å². The fraction of sp³-hybridized carbons (Fsp3) is 0.256. The highest BCUT2D eigenvalue weighted by atomic mass is 16.7. The molecule has 4 aliphatic heterocycles. The standard InChI is InChI=1S/C43H40N4O10/c1(18-56-42(46-32-4-8-36-40(22-32)54-26-50-36)14-10-28(11-15-42)44-30-2-6-34-38(20-30)52-24-48-34)19-57-43(47-33-5-9-37-41(23-33)55-27-51-37)16-12-29(13-17-43)45-31-3-7-35-39(21-31)53-25-49-35/h2-14,16,20-23,44-47H,1,15,17-19,24-27H2. The third-order valence-corrected chi connectivity index (χ3v) is 10.1. The summed E-state index contributed by atoms with van der Waals surface area (Å²) in [4.78, 5) is 0. The van der Waals surface area contributed by atoms with Gasteiger partial charge in [-0.1, -0.05) is 12.2 Å². The summed E-state index contributed by atoms with van der Waals surface area (Å²) in [5.74, 6) is 5.72. The number of fused-ring (bicyclic) bond motifs is 4. The molecule has 0 radical (unpaired) electrons. The second-order valence-corrected chi connectivity index (χ2v) is 14.0. The summed E-state index contributed by atoms with van der Waals surface area (Å²) >= 11 is 0. The molecule has 0 amide bonds.